The summed E-state index contributed by atoms with van der Waals surface area (Å²) < 4.78 is 19.1. The Morgan fingerprint density at radius 1 is 1.47 bits per heavy atom. The first-order valence-corrected chi connectivity index (χ1v) is 7.12. The van der Waals surface area contributed by atoms with Crippen LogP contribution in [0.25, 0.3) is 0 Å². The standard InChI is InChI=1S/C15H23FN2O/c1-2-19-15-7-6-11(9-13(15)16)12(10-17)14-5-3-4-8-18-14/h6-7,9,12,14,18H,2-5,8,10,17H2,1H3. The zero-order chi connectivity index (χ0) is 13.7. The largest absolute Gasteiger partial charge is 0.491 e. The first-order valence-electron chi connectivity index (χ1n) is 7.12. The van der Waals surface area contributed by atoms with E-state index in [-0.39, 0.29) is 11.7 Å². The summed E-state index contributed by atoms with van der Waals surface area (Å²) in [7, 11) is 0. The minimum absolute atomic E-state index is 0.172. The number of nitrogens with two attached hydrogens (primary N) is 1. The van der Waals surface area contributed by atoms with Crippen molar-refractivity contribution >= 4 is 0 Å². The summed E-state index contributed by atoms with van der Waals surface area (Å²) in [5, 5.41) is 3.49. The number of rotatable bonds is 5. The molecule has 1 aliphatic rings. The van der Waals surface area contributed by atoms with Gasteiger partial charge in [0.1, 0.15) is 0 Å². The van der Waals surface area contributed by atoms with Crippen LogP contribution in [0.3, 0.4) is 0 Å². The molecule has 0 bridgehead atoms. The van der Waals surface area contributed by atoms with Crippen molar-refractivity contribution < 1.29 is 9.13 Å². The van der Waals surface area contributed by atoms with Gasteiger partial charge in [0.25, 0.3) is 0 Å². The van der Waals surface area contributed by atoms with Crippen LogP contribution in [0.1, 0.15) is 37.7 Å². The summed E-state index contributed by atoms with van der Waals surface area (Å²) in [6, 6.07) is 5.57. The van der Waals surface area contributed by atoms with Crippen molar-refractivity contribution in [2.24, 2.45) is 5.73 Å². The van der Waals surface area contributed by atoms with Crippen molar-refractivity contribution in [3.8, 4) is 5.75 Å². The molecule has 1 fully saturated rings. The van der Waals surface area contributed by atoms with Gasteiger partial charge < -0.3 is 15.8 Å². The summed E-state index contributed by atoms with van der Waals surface area (Å²) in [6.07, 6.45) is 3.54. The summed E-state index contributed by atoms with van der Waals surface area (Å²) in [5.41, 5.74) is 6.85. The van der Waals surface area contributed by atoms with Gasteiger partial charge in [-0.1, -0.05) is 12.5 Å². The second kappa shape index (κ2) is 6.87. The minimum atomic E-state index is -0.298. The lowest BCUT2D eigenvalue weighted by Crippen LogP contribution is -2.41. The Labute approximate surface area is 114 Å². The maximum atomic E-state index is 13.9. The van der Waals surface area contributed by atoms with Crippen molar-refractivity contribution in [1.82, 2.24) is 5.32 Å². The quantitative estimate of drug-likeness (QED) is 0.860. The van der Waals surface area contributed by atoms with E-state index in [0.29, 0.717) is 24.9 Å². The van der Waals surface area contributed by atoms with Crippen LogP contribution in [-0.2, 0) is 0 Å². The van der Waals surface area contributed by atoms with Gasteiger partial charge in [0, 0.05) is 18.5 Å². The van der Waals surface area contributed by atoms with Crippen LogP contribution < -0.4 is 15.8 Å². The monoisotopic (exact) mass is 266 g/mol. The molecule has 0 aromatic heterocycles. The fourth-order valence-electron chi connectivity index (χ4n) is 2.78. The number of hydrogen-bond donors (Lipinski definition) is 2. The molecule has 1 aliphatic heterocycles. The van der Waals surface area contributed by atoms with Crippen molar-refractivity contribution in [3.63, 3.8) is 0 Å². The molecular weight excluding hydrogens is 243 g/mol. The molecule has 1 saturated heterocycles. The van der Waals surface area contributed by atoms with Gasteiger partial charge in [-0.15, -0.1) is 0 Å². The second-order valence-corrected chi connectivity index (χ2v) is 5.02. The third-order valence-corrected chi connectivity index (χ3v) is 3.77. The average Bonchev–Trinajstić information content (AvgIpc) is 2.44. The maximum Gasteiger partial charge on any atom is 0.165 e. The summed E-state index contributed by atoms with van der Waals surface area (Å²) in [4.78, 5) is 0. The molecule has 1 aromatic rings. The highest BCUT2D eigenvalue weighted by Crippen LogP contribution is 2.28. The molecular formula is C15H23FN2O. The minimum Gasteiger partial charge on any atom is -0.491 e. The van der Waals surface area contributed by atoms with E-state index in [0.717, 1.165) is 18.5 Å². The van der Waals surface area contributed by atoms with Gasteiger partial charge in [-0.25, -0.2) is 4.39 Å². The number of benzene rings is 1. The SMILES string of the molecule is CCOc1ccc(C(CN)C2CCCCN2)cc1F. The van der Waals surface area contributed by atoms with Crippen LogP contribution >= 0.6 is 0 Å². The van der Waals surface area contributed by atoms with Crippen molar-refractivity contribution in [2.45, 2.75) is 38.1 Å². The molecule has 1 heterocycles. The van der Waals surface area contributed by atoms with Crippen molar-refractivity contribution in [1.29, 1.82) is 0 Å². The highest BCUT2D eigenvalue weighted by molar-refractivity contribution is 5.32. The number of nitrogens with one attached hydrogen (secondary N) is 1. The average molecular weight is 266 g/mol. The smallest absolute Gasteiger partial charge is 0.165 e. The van der Waals surface area contributed by atoms with Gasteiger partial charge in [-0.3, -0.25) is 0 Å². The van der Waals surface area contributed by atoms with Crippen LogP contribution in [0.5, 0.6) is 5.75 Å². The van der Waals surface area contributed by atoms with E-state index in [2.05, 4.69) is 5.32 Å². The lowest BCUT2D eigenvalue weighted by Gasteiger charge is -2.31. The highest BCUT2D eigenvalue weighted by atomic mass is 19.1. The number of halogens is 1. The maximum absolute atomic E-state index is 13.9. The predicted molar refractivity (Wildman–Crippen MR) is 75.0 cm³/mol. The van der Waals surface area contributed by atoms with Gasteiger partial charge in [-0.2, -0.15) is 0 Å². The first kappa shape index (κ1) is 14.3. The molecule has 19 heavy (non-hydrogen) atoms. The molecule has 2 rings (SSSR count). The Kier molecular flexibility index (Phi) is 5.16. The normalized spacial score (nSPS) is 21.1. The van der Waals surface area contributed by atoms with Gasteiger partial charge in [0.05, 0.1) is 6.61 Å². The molecule has 4 heteroatoms. The van der Waals surface area contributed by atoms with Gasteiger partial charge in [-0.05, 0) is 44.0 Å². The zero-order valence-corrected chi connectivity index (χ0v) is 11.5. The third-order valence-electron chi connectivity index (χ3n) is 3.77. The number of piperidine rings is 1. The molecule has 2 atom stereocenters. The van der Waals surface area contributed by atoms with Crippen LogP contribution in [0, 0.1) is 5.82 Å². The predicted octanol–water partition coefficient (Wildman–Crippen LogP) is 2.41. The Balaban J connectivity index is 2.15. The first-order chi connectivity index (χ1) is 9.26. The van der Waals surface area contributed by atoms with E-state index < -0.39 is 0 Å². The van der Waals surface area contributed by atoms with E-state index in [9.17, 15) is 4.39 Å². The fourth-order valence-corrected chi connectivity index (χ4v) is 2.78. The van der Waals surface area contributed by atoms with Crippen LogP contribution in [0.4, 0.5) is 4.39 Å². The molecule has 0 spiro atoms. The second-order valence-electron chi connectivity index (χ2n) is 5.02. The van der Waals surface area contributed by atoms with E-state index >= 15 is 0 Å². The lowest BCUT2D eigenvalue weighted by molar-refractivity contribution is 0.320. The van der Waals surface area contributed by atoms with Crippen molar-refractivity contribution in [2.75, 3.05) is 19.7 Å². The Morgan fingerprint density at radius 3 is 2.89 bits per heavy atom. The van der Waals surface area contributed by atoms with E-state index in [1.165, 1.54) is 12.8 Å². The van der Waals surface area contributed by atoms with Gasteiger partial charge in [0.15, 0.2) is 11.6 Å². The number of ether oxygens (including phenoxy) is 1. The third kappa shape index (κ3) is 3.45. The molecule has 2 unspecified atom stereocenters. The zero-order valence-electron chi connectivity index (χ0n) is 11.5. The van der Waals surface area contributed by atoms with Crippen LogP contribution in [0.15, 0.2) is 18.2 Å². The van der Waals surface area contributed by atoms with E-state index in [1.807, 2.05) is 13.0 Å². The van der Waals surface area contributed by atoms with Crippen molar-refractivity contribution in [3.05, 3.63) is 29.6 Å². The van der Waals surface area contributed by atoms with Crippen LogP contribution in [0.2, 0.25) is 0 Å². The fraction of sp³-hybridized carbons (Fsp3) is 0.600. The molecule has 0 amide bonds. The van der Waals surface area contributed by atoms with E-state index in [4.69, 9.17) is 10.5 Å². The Bertz CT molecular complexity index is 405. The lowest BCUT2D eigenvalue weighted by atomic mass is 9.86. The van der Waals surface area contributed by atoms with E-state index in [1.54, 1.807) is 12.1 Å². The molecule has 0 radical (unpaired) electrons. The highest BCUT2D eigenvalue weighted by Gasteiger charge is 2.24. The summed E-state index contributed by atoms with van der Waals surface area (Å²) in [6.45, 7) is 3.88. The Hall–Kier alpha value is -1.13. The molecule has 1 aromatic carbocycles. The number of hydrogen-bond acceptors (Lipinski definition) is 3. The topological polar surface area (TPSA) is 47.3 Å². The molecule has 106 valence electrons. The molecule has 0 saturated carbocycles. The van der Waals surface area contributed by atoms with Gasteiger partial charge in [0.2, 0.25) is 0 Å². The summed E-state index contributed by atoms with van der Waals surface area (Å²) in [5.74, 6) is 0.192. The Morgan fingerprint density at radius 2 is 2.32 bits per heavy atom. The molecule has 0 aliphatic carbocycles. The molecule has 3 nitrogen and oxygen atoms in total. The van der Waals surface area contributed by atoms with Crippen LogP contribution in [-0.4, -0.2) is 25.7 Å². The van der Waals surface area contributed by atoms with Gasteiger partial charge >= 0.3 is 0 Å². The molecule has 3 N–H and O–H groups in total. The summed E-state index contributed by atoms with van der Waals surface area (Å²) >= 11 is 0.